The van der Waals surface area contributed by atoms with Gasteiger partial charge in [0.05, 0.1) is 6.42 Å². The lowest BCUT2D eigenvalue weighted by Crippen LogP contribution is -2.56. The molecule has 5 amide bonds. The predicted molar refractivity (Wildman–Crippen MR) is 132 cm³/mol. The fourth-order valence-corrected chi connectivity index (χ4v) is 4.13. The lowest BCUT2D eigenvalue weighted by Gasteiger charge is -2.26. The number of rotatable bonds is 7. The Hall–Kier alpha value is -4.04. The van der Waals surface area contributed by atoms with E-state index in [1.807, 2.05) is 12.1 Å². The number of allylic oxidation sites excluding steroid dienone is 3. The predicted octanol–water partition coefficient (Wildman–Crippen LogP) is 2.61. The van der Waals surface area contributed by atoms with E-state index in [1.165, 1.54) is 4.58 Å². The summed E-state index contributed by atoms with van der Waals surface area (Å²) in [5, 5.41) is 5.88. The standard InChI is InChI=1S/C26H23ClN4O4/c1-28-23(32)14-17-10-12-19(13-11-17)31-25(34)20-7-3-5-9-22(20)30(26(31)35)16-24(33)29-15-18-6-2-4-8-21(18)27/h2-13,20H,14-16H2,1H3,(H-,28,29,32,33)/p+1. The van der Waals surface area contributed by atoms with Crippen LogP contribution in [-0.4, -0.2) is 47.6 Å². The van der Waals surface area contributed by atoms with E-state index in [0.717, 1.165) is 16.0 Å². The highest BCUT2D eigenvalue weighted by molar-refractivity contribution is 6.31. The van der Waals surface area contributed by atoms with E-state index >= 15 is 0 Å². The summed E-state index contributed by atoms with van der Waals surface area (Å²) in [7, 11) is 1.56. The number of imide groups is 1. The van der Waals surface area contributed by atoms with Crippen molar-refractivity contribution in [1.82, 2.24) is 10.6 Å². The number of nitrogens with zero attached hydrogens (tertiary/aromatic N) is 2. The van der Waals surface area contributed by atoms with Crippen LogP contribution < -0.4 is 15.5 Å². The molecule has 0 spiro atoms. The van der Waals surface area contributed by atoms with Crippen LogP contribution in [-0.2, 0) is 27.3 Å². The number of fused-ring (bicyclic) bond motifs is 1. The second-order valence-electron chi connectivity index (χ2n) is 8.07. The molecule has 2 aromatic rings. The van der Waals surface area contributed by atoms with Gasteiger partial charge in [-0.1, -0.05) is 60.2 Å². The van der Waals surface area contributed by atoms with Crippen LogP contribution in [0.2, 0.25) is 5.02 Å². The second kappa shape index (κ2) is 10.5. The second-order valence-corrected chi connectivity index (χ2v) is 8.48. The Kier molecular flexibility index (Phi) is 7.22. The maximum absolute atomic E-state index is 13.5. The molecule has 2 aliphatic rings. The summed E-state index contributed by atoms with van der Waals surface area (Å²) in [4.78, 5) is 52.2. The van der Waals surface area contributed by atoms with Crippen LogP contribution in [0.25, 0.3) is 0 Å². The van der Waals surface area contributed by atoms with E-state index in [4.69, 9.17) is 11.6 Å². The Morgan fingerprint density at radius 2 is 1.77 bits per heavy atom. The van der Waals surface area contributed by atoms with Gasteiger partial charge in [-0.2, -0.15) is 9.37 Å². The summed E-state index contributed by atoms with van der Waals surface area (Å²) in [6.07, 6.45) is 7.02. The number of hydrogen-bond donors (Lipinski definition) is 2. The molecule has 0 aromatic heterocycles. The molecule has 1 atom stereocenters. The molecule has 0 bridgehead atoms. The summed E-state index contributed by atoms with van der Waals surface area (Å²) in [6.45, 7) is -0.0453. The van der Waals surface area contributed by atoms with Gasteiger partial charge in [-0.25, -0.2) is 4.79 Å². The van der Waals surface area contributed by atoms with E-state index < -0.39 is 17.9 Å². The summed E-state index contributed by atoms with van der Waals surface area (Å²) in [5.41, 5.74) is 2.31. The highest BCUT2D eigenvalue weighted by atomic mass is 35.5. The lowest BCUT2D eigenvalue weighted by atomic mass is 9.94. The number of nitrogens with one attached hydrogen (secondary N) is 2. The Morgan fingerprint density at radius 3 is 2.49 bits per heavy atom. The maximum Gasteiger partial charge on any atom is 0.506 e. The SMILES string of the molecule is CNC(=O)Cc1ccc(N2C(=O)C3C=CC=CC3=[N+](CC(=O)NCc3ccccc3Cl)C2=O)cc1. The fraction of sp³-hybridized carbons (Fsp3) is 0.192. The molecule has 0 fully saturated rings. The van der Waals surface area contributed by atoms with Gasteiger partial charge >= 0.3 is 11.9 Å². The zero-order chi connectivity index (χ0) is 24.9. The molecular formula is C26H24ClN4O4+. The van der Waals surface area contributed by atoms with E-state index in [1.54, 1.807) is 67.7 Å². The Balaban J connectivity index is 1.57. The molecule has 0 saturated heterocycles. The quantitative estimate of drug-likeness (QED) is 0.582. The number of carbonyl (C=O) groups excluding carboxylic acids is 4. The average Bonchev–Trinajstić information content (AvgIpc) is 2.87. The third-order valence-electron chi connectivity index (χ3n) is 5.79. The molecule has 1 aliphatic heterocycles. The third kappa shape index (κ3) is 5.22. The molecule has 8 nitrogen and oxygen atoms in total. The molecule has 1 aliphatic carbocycles. The number of urea groups is 1. The number of carbonyl (C=O) groups is 4. The minimum absolute atomic E-state index is 0.143. The van der Waals surface area contributed by atoms with Gasteiger partial charge in [0.1, 0.15) is 17.3 Å². The van der Waals surface area contributed by atoms with Crippen molar-refractivity contribution < 1.29 is 23.8 Å². The summed E-state index contributed by atoms with van der Waals surface area (Å²) < 4.78 is 1.31. The number of benzene rings is 2. The first-order valence-electron chi connectivity index (χ1n) is 11.1. The van der Waals surface area contributed by atoms with Crippen LogP contribution in [0.4, 0.5) is 10.5 Å². The van der Waals surface area contributed by atoms with Crippen LogP contribution in [0.3, 0.4) is 0 Å². The third-order valence-corrected chi connectivity index (χ3v) is 6.16. The van der Waals surface area contributed by atoms with Gasteiger partial charge in [-0.15, -0.1) is 4.90 Å². The average molecular weight is 492 g/mol. The van der Waals surface area contributed by atoms with E-state index in [-0.39, 0.29) is 31.3 Å². The van der Waals surface area contributed by atoms with E-state index in [2.05, 4.69) is 10.6 Å². The zero-order valence-corrected chi connectivity index (χ0v) is 19.8. The molecule has 4 rings (SSSR count). The summed E-state index contributed by atoms with van der Waals surface area (Å²) in [6, 6.07) is 13.2. The van der Waals surface area contributed by atoms with Crippen molar-refractivity contribution in [2.45, 2.75) is 13.0 Å². The number of amides is 5. The van der Waals surface area contributed by atoms with E-state index in [9.17, 15) is 19.2 Å². The fourth-order valence-electron chi connectivity index (χ4n) is 3.93. The molecule has 1 heterocycles. The maximum atomic E-state index is 13.5. The highest BCUT2D eigenvalue weighted by Gasteiger charge is 2.48. The lowest BCUT2D eigenvalue weighted by molar-refractivity contribution is -0.417. The number of anilines is 1. The van der Waals surface area contributed by atoms with Crippen molar-refractivity contribution in [3.05, 3.63) is 89.0 Å². The van der Waals surface area contributed by atoms with Crippen LogP contribution in [0.1, 0.15) is 11.1 Å². The molecule has 178 valence electrons. The number of hydrogen-bond acceptors (Lipinski definition) is 4. The topological polar surface area (TPSA) is 98.6 Å². The molecule has 0 radical (unpaired) electrons. The van der Waals surface area contributed by atoms with Crippen LogP contribution in [0.5, 0.6) is 0 Å². The zero-order valence-electron chi connectivity index (χ0n) is 19.0. The van der Waals surface area contributed by atoms with Gasteiger partial charge in [0.2, 0.25) is 5.91 Å². The minimum atomic E-state index is -0.695. The molecule has 1 unspecified atom stereocenters. The highest BCUT2D eigenvalue weighted by Crippen LogP contribution is 2.26. The Morgan fingerprint density at radius 1 is 1.03 bits per heavy atom. The van der Waals surface area contributed by atoms with Crippen LogP contribution in [0.15, 0.2) is 72.8 Å². The van der Waals surface area contributed by atoms with Crippen molar-refractivity contribution in [3.8, 4) is 0 Å². The van der Waals surface area contributed by atoms with Gasteiger partial charge < -0.3 is 10.6 Å². The molecule has 35 heavy (non-hydrogen) atoms. The first-order valence-corrected chi connectivity index (χ1v) is 11.4. The molecule has 2 N–H and O–H groups in total. The van der Waals surface area contributed by atoms with Crippen LogP contribution in [0, 0.1) is 5.92 Å². The van der Waals surface area contributed by atoms with Gasteiger partial charge in [0.15, 0.2) is 6.54 Å². The van der Waals surface area contributed by atoms with Crippen LogP contribution >= 0.6 is 11.6 Å². The first kappa shape index (κ1) is 24.1. The van der Waals surface area contributed by atoms with Gasteiger partial charge in [-0.05, 0) is 35.4 Å². The van der Waals surface area contributed by atoms with Crippen molar-refractivity contribution in [1.29, 1.82) is 0 Å². The molecule has 0 saturated carbocycles. The Bertz CT molecular complexity index is 1280. The van der Waals surface area contributed by atoms with Gasteiger partial charge in [0, 0.05) is 18.6 Å². The largest absolute Gasteiger partial charge is 0.506 e. The van der Waals surface area contributed by atoms with Crippen molar-refractivity contribution >= 4 is 46.8 Å². The molecule has 2 aromatic carbocycles. The van der Waals surface area contributed by atoms with E-state index in [0.29, 0.717) is 16.4 Å². The van der Waals surface area contributed by atoms with Gasteiger partial charge in [0.25, 0.3) is 5.91 Å². The molecule has 9 heteroatoms. The summed E-state index contributed by atoms with van der Waals surface area (Å²) >= 11 is 6.16. The van der Waals surface area contributed by atoms with Crippen molar-refractivity contribution in [3.63, 3.8) is 0 Å². The van der Waals surface area contributed by atoms with Gasteiger partial charge in [-0.3, -0.25) is 9.59 Å². The number of likely N-dealkylation sites (N-methyl/N-ethyl adjacent to an activating group) is 1. The van der Waals surface area contributed by atoms with Crippen molar-refractivity contribution in [2.24, 2.45) is 5.92 Å². The Labute approximate surface area is 207 Å². The number of halogens is 1. The monoisotopic (exact) mass is 491 g/mol. The smallest absolute Gasteiger partial charge is 0.359 e. The minimum Gasteiger partial charge on any atom is -0.359 e. The van der Waals surface area contributed by atoms with Crippen molar-refractivity contribution in [2.75, 3.05) is 18.5 Å². The molecular weight excluding hydrogens is 468 g/mol. The normalized spacial score (nSPS) is 16.9. The summed E-state index contributed by atoms with van der Waals surface area (Å²) in [5.74, 6) is -1.63. The first-order chi connectivity index (χ1) is 16.9.